The van der Waals surface area contributed by atoms with Crippen LogP contribution in [0.15, 0.2) is 30.3 Å². The van der Waals surface area contributed by atoms with Gasteiger partial charge in [-0.25, -0.2) is 18.4 Å². The van der Waals surface area contributed by atoms with Gasteiger partial charge in [-0.2, -0.15) is 13.2 Å². The Morgan fingerprint density at radius 1 is 1.05 bits per heavy atom. The number of likely N-dealkylation sites (tertiary alicyclic amines) is 1. The summed E-state index contributed by atoms with van der Waals surface area (Å²) in [6.45, 7) is 2.44. The van der Waals surface area contributed by atoms with Crippen molar-refractivity contribution in [1.29, 1.82) is 0 Å². The summed E-state index contributed by atoms with van der Waals surface area (Å²) in [5.74, 6) is -3.33. The Morgan fingerprint density at radius 3 is 2.30 bits per heavy atom. The molecule has 1 heterocycles. The Morgan fingerprint density at radius 2 is 1.70 bits per heavy atom. The molecular formula is C27H32F5N3O5. The summed E-state index contributed by atoms with van der Waals surface area (Å²) in [7, 11) is 5.38. The average molecular weight is 574 g/mol. The molecule has 0 bridgehead atoms. The minimum atomic E-state index is -5.08. The van der Waals surface area contributed by atoms with Crippen LogP contribution in [0.25, 0.3) is 0 Å². The zero-order valence-corrected chi connectivity index (χ0v) is 22.5. The Balaban J connectivity index is 0.000000559. The van der Waals surface area contributed by atoms with Gasteiger partial charge in [-0.3, -0.25) is 0 Å². The second-order valence-corrected chi connectivity index (χ2v) is 9.90. The summed E-state index contributed by atoms with van der Waals surface area (Å²) in [4.78, 5) is 23.8. The van der Waals surface area contributed by atoms with E-state index in [-0.39, 0.29) is 28.7 Å². The molecule has 1 aliphatic heterocycles. The summed E-state index contributed by atoms with van der Waals surface area (Å²) >= 11 is 0. The highest BCUT2D eigenvalue weighted by Crippen LogP contribution is 2.49. The minimum absolute atomic E-state index is 0.0326. The number of aliphatic carboxylic acids is 1. The Labute approximate surface area is 228 Å². The van der Waals surface area contributed by atoms with Gasteiger partial charge in [-0.15, -0.1) is 0 Å². The van der Waals surface area contributed by atoms with Crippen molar-refractivity contribution in [2.24, 2.45) is 0 Å². The number of carboxylic acid groups (broad SMARTS) is 1. The second kappa shape index (κ2) is 12.3. The number of benzene rings is 2. The van der Waals surface area contributed by atoms with Crippen LogP contribution in [0.3, 0.4) is 0 Å². The van der Waals surface area contributed by atoms with Crippen LogP contribution >= 0.6 is 0 Å². The number of hydrogen-bond acceptors (Lipinski definition) is 5. The zero-order chi connectivity index (χ0) is 29.8. The molecule has 0 unspecified atom stereocenters. The van der Waals surface area contributed by atoms with Gasteiger partial charge < -0.3 is 30.1 Å². The van der Waals surface area contributed by atoms with Crippen molar-refractivity contribution in [3.63, 3.8) is 0 Å². The standard InChI is InChI=1S/C25H31F2N3O3.C2HF3O2/c1-15-5-7-18(23(27)22(15)26)29-24(31)28-17-9-10-25(11-12-30(2)21(25)14-17)16-6-8-19(32-3)20(13-16)33-4;3-2(4,5)1(6)7/h5-8,13,17,21H,9-12,14H2,1-4H3,(H2,28,29,31);(H,6,7)/t17-,21+,25+;/m1./s1. The van der Waals surface area contributed by atoms with Gasteiger partial charge in [-0.1, -0.05) is 12.1 Å². The molecule has 4 rings (SSSR count). The molecule has 1 aliphatic carbocycles. The smallest absolute Gasteiger partial charge is 0.490 e. The number of rotatable bonds is 5. The fourth-order valence-electron chi connectivity index (χ4n) is 5.48. The number of alkyl halides is 3. The lowest BCUT2D eigenvalue weighted by molar-refractivity contribution is -0.192. The van der Waals surface area contributed by atoms with Crippen molar-refractivity contribution in [2.75, 3.05) is 33.1 Å². The van der Waals surface area contributed by atoms with Gasteiger partial charge in [-0.05, 0) is 75.5 Å². The summed E-state index contributed by atoms with van der Waals surface area (Å²) < 4.78 is 70.6. The molecule has 220 valence electrons. The second-order valence-electron chi connectivity index (χ2n) is 9.90. The molecule has 1 saturated carbocycles. The van der Waals surface area contributed by atoms with Crippen LogP contribution in [-0.2, 0) is 10.2 Å². The maximum atomic E-state index is 14.1. The minimum Gasteiger partial charge on any atom is -0.493 e. The predicted octanol–water partition coefficient (Wildman–Crippen LogP) is 5.24. The van der Waals surface area contributed by atoms with Crippen LogP contribution in [0, 0.1) is 18.6 Å². The maximum Gasteiger partial charge on any atom is 0.490 e. The molecule has 2 fully saturated rings. The first-order valence-corrected chi connectivity index (χ1v) is 12.5. The number of hydrogen-bond donors (Lipinski definition) is 3. The fourth-order valence-corrected chi connectivity index (χ4v) is 5.48. The quantitative estimate of drug-likeness (QED) is 0.423. The topological polar surface area (TPSA) is 100 Å². The van der Waals surface area contributed by atoms with Crippen molar-refractivity contribution < 1.29 is 46.1 Å². The summed E-state index contributed by atoms with van der Waals surface area (Å²) in [6.07, 6.45) is -1.60. The third-order valence-corrected chi connectivity index (χ3v) is 7.59. The first-order valence-electron chi connectivity index (χ1n) is 12.5. The molecule has 2 aliphatic rings. The van der Waals surface area contributed by atoms with Gasteiger partial charge in [0.15, 0.2) is 23.1 Å². The van der Waals surface area contributed by atoms with Gasteiger partial charge >= 0.3 is 18.2 Å². The number of urea groups is 1. The molecule has 0 spiro atoms. The number of nitrogens with zero attached hydrogens (tertiary/aromatic N) is 1. The van der Waals surface area contributed by atoms with E-state index in [1.54, 1.807) is 14.2 Å². The average Bonchev–Trinajstić information content (AvgIpc) is 3.25. The number of halogens is 5. The van der Waals surface area contributed by atoms with Gasteiger partial charge in [0.2, 0.25) is 0 Å². The molecule has 40 heavy (non-hydrogen) atoms. The third kappa shape index (κ3) is 6.57. The lowest BCUT2D eigenvalue weighted by atomic mass is 9.65. The number of likely N-dealkylation sites (N-methyl/N-ethyl adjacent to an activating group) is 1. The van der Waals surface area contributed by atoms with Crippen LogP contribution in [0.4, 0.5) is 32.4 Å². The Bertz CT molecular complexity index is 1240. The lowest BCUT2D eigenvalue weighted by Gasteiger charge is -2.45. The largest absolute Gasteiger partial charge is 0.493 e. The number of fused-ring (bicyclic) bond motifs is 1. The maximum absolute atomic E-state index is 14.1. The first-order chi connectivity index (χ1) is 18.7. The predicted molar refractivity (Wildman–Crippen MR) is 137 cm³/mol. The van der Waals surface area contributed by atoms with Gasteiger partial charge in [0.05, 0.1) is 19.9 Å². The highest BCUT2D eigenvalue weighted by atomic mass is 19.4. The molecular weight excluding hydrogens is 541 g/mol. The zero-order valence-electron chi connectivity index (χ0n) is 22.5. The van der Waals surface area contributed by atoms with E-state index in [1.807, 2.05) is 6.07 Å². The van der Waals surface area contributed by atoms with Crippen LogP contribution in [0.5, 0.6) is 11.5 Å². The number of ether oxygens (including phenoxy) is 2. The number of carboxylic acids is 1. The molecule has 1 saturated heterocycles. The van der Waals surface area contributed by atoms with E-state index < -0.39 is 29.8 Å². The normalized spacial score (nSPS) is 22.4. The number of carbonyl (C=O) groups excluding carboxylic acids is 1. The monoisotopic (exact) mass is 573 g/mol. The SMILES string of the molecule is COc1ccc([C@@]23CC[C@@H](NC(=O)Nc4ccc(C)c(F)c4F)C[C@@H]2N(C)CC3)cc1OC.O=C(O)C(F)(F)F. The van der Waals surface area contributed by atoms with Crippen LogP contribution in [0.1, 0.15) is 36.8 Å². The fraction of sp³-hybridized carbons (Fsp3) is 0.481. The molecule has 3 atom stereocenters. The molecule has 2 amide bonds. The van der Waals surface area contributed by atoms with Crippen LogP contribution in [0.2, 0.25) is 0 Å². The highest BCUT2D eigenvalue weighted by Gasteiger charge is 2.50. The van der Waals surface area contributed by atoms with E-state index >= 15 is 0 Å². The molecule has 0 aromatic heterocycles. The van der Waals surface area contributed by atoms with Crippen LogP contribution < -0.4 is 20.1 Å². The lowest BCUT2D eigenvalue weighted by Crippen LogP contribution is -2.52. The number of nitrogens with one attached hydrogen (secondary N) is 2. The number of carbonyl (C=O) groups is 2. The molecule has 2 aromatic rings. The van der Waals surface area contributed by atoms with Gasteiger partial charge in [0.1, 0.15) is 0 Å². The first kappa shape index (κ1) is 30.9. The van der Waals surface area contributed by atoms with E-state index in [0.29, 0.717) is 11.5 Å². The molecule has 8 nitrogen and oxygen atoms in total. The molecule has 13 heteroatoms. The number of amides is 2. The van der Waals surface area contributed by atoms with Crippen molar-refractivity contribution in [3.05, 3.63) is 53.1 Å². The third-order valence-electron chi connectivity index (χ3n) is 7.59. The van der Waals surface area contributed by atoms with Gasteiger partial charge in [0.25, 0.3) is 0 Å². The van der Waals surface area contributed by atoms with Gasteiger partial charge in [0, 0.05) is 17.5 Å². The van der Waals surface area contributed by atoms with Crippen molar-refractivity contribution >= 4 is 17.7 Å². The van der Waals surface area contributed by atoms with E-state index in [2.05, 4.69) is 34.7 Å². The summed E-state index contributed by atoms with van der Waals surface area (Å²) in [6, 6.07) is 8.60. The Hall–Kier alpha value is -3.61. The molecule has 2 aromatic carbocycles. The number of methoxy groups -OCH3 is 2. The Kier molecular flexibility index (Phi) is 9.49. The van der Waals surface area contributed by atoms with E-state index in [4.69, 9.17) is 19.4 Å². The van der Waals surface area contributed by atoms with Crippen molar-refractivity contribution in [3.8, 4) is 11.5 Å². The summed E-state index contributed by atoms with van der Waals surface area (Å²) in [5.41, 5.74) is 1.22. The number of anilines is 1. The van der Waals surface area contributed by atoms with E-state index in [0.717, 1.165) is 32.2 Å². The summed E-state index contributed by atoms with van der Waals surface area (Å²) in [5, 5.41) is 12.5. The highest BCUT2D eigenvalue weighted by molar-refractivity contribution is 5.89. The van der Waals surface area contributed by atoms with Crippen molar-refractivity contribution in [1.82, 2.24) is 10.2 Å². The van der Waals surface area contributed by atoms with Crippen molar-refractivity contribution in [2.45, 2.75) is 56.3 Å². The van der Waals surface area contributed by atoms with E-state index in [9.17, 15) is 26.7 Å². The number of aryl methyl sites for hydroxylation is 1. The van der Waals surface area contributed by atoms with Crippen LogP contribution in [-0.4, -0.2) is 68.1 Å². The van der Waals surface area contributed by atoms with E-state index in [1.165, 1.54) is 24.6 Å². The molecule has 3 N–H and O–H groups in total. The molecule has 0 radical (unpaired) electrons.